The van der Waals surface area contributed by atoms with Crippen molar-refractivity contribution in [2.45, 2.75) is 0 Å². The van der Waals surface area contributed by atoms with E-state index in [4.69, 9.17) is 5.73 Å². The number of nitrogens with one attached hydrogen (secondary N) is 1. The fourth-order valence-corrected chi connectivity index (χ4v) is 1.85. The molecule has 1 aromatic carbocycles. The zero-order valence-corrected chi connectivity index (χ0v) is 10.7. The Morgan fingerprint density at radius 1 is 1.10 bits per heavy atom. The molecule has 98 valence electrons. The molecule has 5 heteroatoms. The van der Waals surface area contributed by atoms with Gasteiger partial charge in [0.25, 0.3) is 0 Å². The number of para-hydroxylation sites is 1. The highest BCUT2D eigenvalue weighted by Gasteiger charge is 1.96. The van der Waals surface area contributed by atoms with Gasteiger partial charge < -0.3 is 5.73 Å². The number of hydrazone groups is 1. The van der Waals surface area contributed by atoms with Gasteiger partial charge in [-0.1, -0.05) is 18.2 Å². The highest BCUT2D eigenvalue weighted by molar-refractivity contribution is 5.86. The fraction of sp³-hybridized carbons (Fsp3) is 0. The lowest BCUT2D eigenvalue weighted by molar-refractivity contribution is 1.30. The van der Waals surface area contributed by atoms with Gasteiger partial charge in [-0.05, 0) is 24.3 Å². The maximum atomic E-state index is 5.73. The van der Waals surface area contributed by atoms with Crippen molar-refractivity contribution in [2.75, 3.05) is 11.2 Å². The highest BCUT2D eigenvalue weighted by atomic mass is 15.3. The normalized spacial score (nSPS) is 11.0. The van der Waals surface area contributed by atoms with Crippen LogP contribution in [0, 0.1) is 0 Å². The fourth-order valence-electron chi connectivity index (χ4n) is 1.85. The van der Waals surface area contributed by atoms with Gasteiger partial charge in [-0.3, -0.25) is 10.4 Å². The number of hydrogen-bond acceptors (Lipinski definition) is 5. The summed E-state index contributed by atoms with van der Waals surface area (Å²) in [4.78, 5) is 8.34. The van der Waals surface area contributed by atoms with Crippen molar-refractivity contribution in [1.29, 1.82) is 0 Å². The van der Waals surface area contributed by atoms with Crippen LogP contribution in [0.5, 0.6) is 0 Å². The molecule has 0 aliphatic rings. The van der Waals surface area contributed by atoms with Gasteiger partial charge in [0.15, 0.2) is 0 Å². The maximum absolute atomic E-state index is 5.73. The first-order chi connectivity index (χ1) is 9.83. The summed E-state index contributed by atoms with van der Waals surface area (Å²) >= 11 is 0. The van der Waals surface area contributed by atoms with Crippen LogP contribution in [-0.2, 0) is 0 Å². The number of hydrogen-bond donors (Lipinski definition) is 2. The molecule has 0 atom stereocenters. The second-order valence-corrected chi connectivity index (χ2v) is 4.26. The van der Waals surface area contributed by atoms with Crippen LogP contribution in [0.2, 0.25) is 0 Å². The Bertz CT molecular complexity index is 767. The SMILES string of the molecule is Nc1ncccc1C=NNc1cnc2ccccc2c1. The molecule has 3 rings (SSSR count). The first-order valence-corrected chi connectivity index (χ1v) is 6.17. The smallest absolute Gasteiger partial charge is 0.132 e. The monoisotopic (exact) mass is 263 g/mol. The minimum Gasteiger partial charge on any atom is -0.383 e. The largest absolute Gasteiger partial charge is 0.383 e. The molecule has 0 fully saturated rings. The number of anilines is 2. The van der Waals surface area contributed by atoms with Crippen molar-refractivity contribution in [3.8, 4) is 0 Å². The summed E-state index contributed by atoms with van der Waals surface area (Å²) < 4.78 is 0. The van der Waals surface area contributed by atoms with Crippen LogP contribution < -0.4 is 11.2 Å². The molecule has 20 heavy (non-hydrogen) atoms. The third kappa shape index (κ3) is 2.56. The summed E-state index contributed by atoms with van der Waals surface area (Å²) in [7, 11) is 0. The van der Waals surface area contributed by atoms with Gasteiger partial charge >= 0.3 is 0 Å². The van der Waals surface area contributed by atoms with Gasteiger partial charge in [-0.25, -0.2) is 4.98 Å². The minimum absolute atomic E-state index is 0.453. The maximum Gasteiger partial charge on any atom is 0.132 e. The number of pyridine rings is 2. The quantitative estimate of drug-likeness (QED) is 0.562. The van der Waals surface area contributed by atoms with Crippen molar-refractivity contribution in [3.63, 3.8) is 0 Å². The van der Waals surface area contributed by atoms with Crippen molar-refractivity contribution in [2.24, 2.45) is 5.10 Å². The minimum atomic E-state index is 0.453. The number of nitrogens with zero attached hydrogens (tertiary/aromatic N) is 3. The van der Waals surface area contributed by atoms with Gasteiger partial charge in [-0.15, -0.1) is 0 Å². The van der Waals surface area contributed by atoms with Crippen molar-refractivity contribution < 1.29 is 0 Å². The molecule has 0 bridgehead atoms. The molecule has 0 aliphatic carbocycles. The molecule has 2 heterocycles. The van der Waals surface area contributed by atoms with Crippen LogP contribution in [0.3, 0.4) is 0 Å². The van der Waals surface area contributed by atoms with Crippen LogP contribution in [-0.4, -0.2) is 16.2 Å². The van der Waals surface area contributed by atoms with Crippen molar-refractivity contribution >= 4 is 28.6 Å². The molecular formula is C15H13N5. The number of benzene rings is 1. The molecule has 2 aromatic heterocycles. The molecule has 3 aromatic rings. The molecule has 0 spiro atoms. The lowest BCUT2D eigenvalue weighted by Crippen LogP contribution is -1.97. The molecule has 3 N–H and O–H groups in total. The Kier molecular flexibility index (Phi) is 3.24. The van der Waals surface area contributed by atoms with E-state index in [9.17, 15) is 0 Å². The van der Waals surface area contributed by atoms with E-state index in [0.717, 1.165) is 22.2 Å². The van der Waals surface area contributed by atoms with E-state index >= 15 is 0 Å². The molecule has 0 unspecified atom stereocenters. The summed E-state index contributed by atoms with van der Waals surface area (Å²) in [6, 6.07) is 13.6. The van der Waals surface area contributed by atoms with Gasteiger partial charge in [0.05, 0.1) is 23.6 Å². The second kappa shape index (κ2) is 5.36. The zero-order chi connectivity index (χ0) is 13.8. The van der Waals surface area contributed by atoms with Crippen molar-refractivity contribution in [3.05, 3.63) is 60.4 Å². The second-order valence-electron chi connectivity index (χ2n) is 4.26. The molecule has 0 saturated carbocycles. The zero-order valence-electron chi connectivity index (χ0n) is 10.7. The van der Waals surface area contributed by atoms with E-state index in [0.29, 0.717) is 5.82 Å². The van der Waals surface area contributed by atoms with Gasteiger partial charge in [-0.2, -0.15) is 5.10 Å². The number of nitrogens with two attached hydrogens (primary N) is 1. The summed E-state index contributed by atoms with van der Waals surface area (Å²) in [5.74, 6) is 0.453. The Morgan fingerprint density at radius 2 is 2.00 bits per heavy atom. The summed E-state index contributed by atoms with van der Waals surface area (Å²) in [5.41, 5.74) is 11.2. The Morgan fingerprint density at radius 3 is 2.90 bits per heavy atom. The first-order valence-electron chi connectivity index (χ1n) is 6.17. The van der Waals surface area contributed by atoms with Crippen LogP contribution in [0.4, 0.5) is 11.5 Å². The summed E-state index contributed by atoms with van der Waals surface area (Å²) in [5, 5.41) is 5.21. The van der Waals surface area contributed by atoms with Gasteiger partial charge in [0.1, 0.15) is 5.82 Å². The molecule has 5 nitrogen and oxygen atoms in total. The predicted molar refractivity (Wildman–Crippen MR) is 81.6 cm³/mol. The summed E-state index contributed by atoms with van der Waals surface area (Å²) in [6.07, 6.45) is 5.02. The standard InChI is InChI=1S/C15H13N5/c16-15-12(5-3-7-17-15)9-19-20-13-8-11-4-1-2-6-14(11)18-10-13/h1-10,20H,(H2,16,17). The van der Waals surface area contributed by atoms with Crippen molar-refractivity contribution in [1.82, 2.24) is 9.97 Å². The van der Waals surface area contributed by atoms with E-state index in [1.165, 1.54) is 0 Å². The third-order valence-electron chi connectivity index (χ3n) is 2.86. The van der Waals surface area contributed by atoms with E-state index in [1.54, 1.807) is 18.6 Å². The molecule has 0 aliphatic heterocycles. The van der Waals surface area contributed by atoms with E-state index in [-0.39, 0.29) is 0 Å². The van der Waals surface area contributed by atoms with Gasteiger partial charge in [0, 0.05) is 17.1 Å². The predicted octanol–water partition coefficient (Wildman–Crippen LogP) is 2.66. The lowest BCUT2D eigenvalue weighted by Gasteiger charge is -2.02. The Labute approximate surface area is 116 Å². The van der Waals surface area contributed by atoms with Crippen LogP contribution >= 0.6 is 0 Å². The van der Waals surface area contributed by atoms with E-state index in [1.807, 2.05) is 42.5 Å². The highest BCUT2D eigenvalue weighted by Crippen LogP contribution is 2.15. The average molecular weight is 263 g/mol. The van der Waals surface area contributed by atoms with E-state index < -0.39 is 0 Å². The molecule has 0 saturated heterocycles. The third-order valence-corrected chi connectivity index (χ3v) is 2.86. The number of nitrogen functional groups attached to an aromatic ring is 1. The molecule has 0 radical (unpaired) electrons. The number of fused-ring (bicyclic) bond motifs is 1. The van der Waals surface area contributed by atoms with Gasteiger partial charge in [0.2, 0.25) is 0 Å². The lowest BCUT2D eigenvalue weighted by atomic mass is 10.2. The number of aromatic nitrogens is 2. The van der Waals surface area contributed by atoms with Crippen LogP contribution in [0.15, 0.2) is 60.0 Å². The first kappa shape index (κ1) is 12.1. The Balaban J connectivity index is 1.78. The van der Waals surface area contributed by atoms with Crippen LogP contribution in [0.1, 0.15) is 5.56 Å². The average Bonchev–Trinajstić information content (AvgIpc) is 2.49. The van der Waals surface area contributed by atoms with Crippen LogP contribution in [0.25, 0.3) is 10.9 Å². The number of rotatable bonds is 3. The molecular weight excluding hydrogens is 250 g/mol. The Hall–Kier alpha value is -2.95. The van der Waals surface area contributed by atoms with E-state index in [2.05, 4.69) is 20.5 Å². The topological polar surface area (TPSA) is 76.2 Å². The summed E-state index contributed by atoms with van der Waals surface area (Å²) in [6.45, 7) is 0. The molecule has 0 amide bonds.